The molecule has 1 atom stereocenters. The van der Waals surface area contributed by atoms with Gasteiger partial charge >= 0.3 is 0 Å². The average Bonchev–Trinajstić information content (AvgIpc) is 2.45. The highest BCUT2D eigenvalue weighted by atomic mass is 19.1. The van der Waals surface area contributed by atoms with Crippen LogP contribution in [0.1, 0.15) is 51.1 Å². The first-order valence-electron chi connectivity index (χ1n) is 7.35. The maximum Gasteiger partial charge on any atom is 0.223 e. The first kappa shape index (κ1) is 16.6. The summed E-state index contributed by atoms with van der Waals surface area (Å²) in [6.07, 6.45) is 3.39. The fourth-order valence-corrected chi connectivity index (χ4v) is 2.33. The van der Waals surface area contributed by atoms with Crippen LogP contribution in [0.15, 0.2) is 24.3 Å². The van der Waals surface area contributed by atoms with E-state index in [1.807, 2.05) is 18.7 Å². The molecule has 1 rings (SSSR count). The van der Waals surface area contributed by atoms with Crippen LogP contribution in [0.5, 0.6) is 0 Å². The molecule has 0 saturated carbocycles. The molecule has 0 bridgehead atoms. The summed E-state index contributed by atoms with van der Waals surface area (Å²) in [5.41, 5.74) is 6.40. The van der Waals surface area contributed by atoms with Crippen molar-refractivity contribution in [3.63, 3.8) is 0 Å². The monoisotopic (exact) mass is 280 g/mol. The Bertz CT molecular complexity index is 405. The van der Waals surface area contributed by atoms with Crippen molar-refractivity contribution >= 4 is 5.91 Å². The van der Waals surface area contributed by atoms with Gasteiger partial charge in [-0.2, -0.15) is 0 Å². The third-order valence-electron chi connectivity index (χ3n) is 3.58. The summed E-state index contributed by atoms with van der Waals surface area (Å²) in [6, 6.07) is 6.33. The lowest BCUT2D eigenvalue weighted by Crippen LogP contribution is -2.33. The smallest absolute Gasteiger partial charge is 0.223 e. The quantitative estimate of drug-likeness (QED) is 0.743. The summed E-state index contributed by atoms with van der Waals surface area (Å²) in [4.78, 5) is 14.1. The Kier molecular flexibility index (Phi) is 7.23. The molecule has 2 N–H and O–H groups in total. The minimum absolute atomic E-state index is 0.0254. The standard InChI is InChI=1S/C16H25FN2O/c1-3-19(16(20)7-5-4-6-12-18)13(2)14-8-10-15(17)11-9-14/h8-11,13H,3-7,12,18H2,1-2H3. The molecular formula is C16H25FN2O. The predicted octanol–water partition coefficient (Wildman–Crippen LogP) is 3.25. The van der Waals surface area contributed by atoms with Gasteiger partial charge in [-0.15, -0.1) is 0 Å². The van der Waals surface area contributed by atoms with Crippen molar-refractivity contribution in [2.45, 2.75) is 45.6 Å². The van der Waals surface area contributed by atoms with E-state index in [9.17, 15) is 9.18 Å². The summed E-state index contributed by atoms with van der Waals surface area (Å²) in [7, 11) is 0. The van der Waals surface area contributed by atoms with Crippen molar-refractivity contribution in [3.8, 4) is 0 Å². The molecule has 0 aliphatic heterocycles. The van der Waals surface area contributed by atoms with Crippen LogP contribution in [-0.4, -0.2) is 23.9 Å². The molecule has 0 aliphatic carbocycles. The van der Waals surface area contributed by atoms with Crippen LogP contribution in [0, 0.1) is 5.82 Å². The fourth-order valence-electron chi connectivity index (χ4n) is 2.33. The Morgan fingerprint density at radius 3 is 2.45 bits per heavy atom. The summed E-state index contributed by atoms with van der Waals surface area (Å²) in [5, 5.41) is 0. The number of carbonyl (C=O) groups excluding carboxylic acids is 1. The van der Waals surface area contributed by atoms with E-state index >= 15 is 0 Å². The summed E-state index contributed by atoms with van der Waals surface area (Å²) in [6.45, 7) is 5.29. The van der Waals surface area contributed by atoms with Crippen molar-refractivity contribution in [2.24, 2.45) is 5.73 Å². The number of hydrogen-bond acceptors (Lipinski definition) is 2. The van der Waals surface area contributed by atoms with Crippen molar-refractivity contribution in [1.82, 2.24) is 4.90 Å². The number of hydrogen-bond donors (Lipinski definition) is 1. The lowest BCUT2D eigenvalue weighted by atomic mass is 10.1. The second-order valence-corrected chi connectivity index (χ2v) is 5.01. The van der Waals surface area contributed by atoms with Crippen LogP contribution < -0.4 is 5.73 Å². The number of benzene rings is 1. The van der Waals surface area contributed by atoms with E-state index in [0.29, 0.717) is 19.5 Å². The van der Waals surface area contributed by atoms with Gasteiger partial charge in [0.05, 0.1) is 6.04 Å². The molecule has 112 valence electrons. The molecule has 0 fully saturated rings. The summed E-state index contributed by atoms with van der Waals surface area (Å²) in [5.74, 6) is -0.0987. The van der Waals surface area contributed by atoms with Crippen LogP contribution in [0.4, 0.5) is 4.39 Å². The number of amides is 1. The van der Waals surface area contributed by atoms with Crippen LogP contribution in [0.3, 0.4) is 0 Å². The van der Waals surface area contributed by atoms with E-state index in [1.165, 1.54) is 12.1 Å². The number of nitrogens with two attached hydrogens (primary N) is 1. The van der Waals surface area contributed by atoms with E-state index in [0.717, 1.165) is 24.8 Å². The molecule has 20 heavy (non-hydrogen) atoms. The number of unbranched alkanes of at least 4 members (excludes halogenated alkanes) is 2. The van der Waals surface area contributed by atoms with Crippen molar-refractivity contribution in [2.75, 3.05) is 13.1 Å². The van der Waals surface area contributed by atoms with Gasteiger partial charge in [0.15, 0.2) is 0 Å². The van der Waals surface area contributed by atoms with Crippen molar-refractivity contribution in [3.05, 3.63) is 35.6 Å². The van der Waals surface area contributed by atoms with E-state index in [-0.39, 0.29) is 17.8 Å². The van der Waals surface area contributed by atoms with Gasteiger partial charge in [0.2, 0.25) is 5.91 Å². The highest BCUT2D eigenvalue weighted by Crippen LogP contribution is 2.21. The highest BCUT2D eigenvalue weighted by Gasteiger charge is 2.19. The zero-order chi connectivity index (χ0) is 15.0. The van der Waals surface area contributed by atoms with Crippen LogP contribution in [-0.2, 0) is 4.79 Å². The van der Waals surface area contributed by atoms with Gasteiger partial charge in [-0.05, 0) is 50.9 Å². The Balaban J connectivity index is 2.59. The SMILES string of the molecule is CCN(C(=O)CCCCCN)C(C)c1ccc(F)cc1. The first-order chi connectivity index (χ1) is 9.60. The minimum Gasteiger partial charge on any atom is -0.336 e. The first-order valence-corrected chi connectivity index (χ1v) is 7.35. The third-order valence-corrected chi connectivity index (χ3v) is 3.58. The number of carbonyl (C=O) groups is 1. The number of nitrogens with zero attached hydrogens (tertiary/aromatic N) is 1. The van der Waals surface area contributed by atoms with Crippen LogP contribution in [0.25, 0.3) is 0 Å². The Labute approximate surface area is 121 Å². The zero-order valence-corrected chi connectivity index (χ0v) is 12.4. The molecule has 1 aromatic rings. The van der Waals surface area contributed by atoms with Gasteiger partial charge in [-0.25, -0.2) is 4.39 Å². The maximum absolute atomic E-state index is 12.9. The van der Waals surface area contributed by atoms with Gasteiger partial charge in [0.1, 0.15) is 5.82 Å². The molecule has 4 heteroatoms. The second kappa shape index (κ2) is 8.69. The second-order valence-electron chi connectivity index (χ2n) is 5.01. The van der Waals surface area contributed by atoms with Crippen molar-refractivity contribution in [1.29, 1.82) is 0 Å². The topological polar surface area (TPSA) is 46.3 Å². The number of halogens is 1. The van der Waals surface area contributed by atoms with E-state index in [4.69, 9.17) is 5.73 Å². The molecule has 0 aromatic heterocycles. The molecule has 0 saturated heterocycles. The van der Waals surface area contributed by atoms with Crippen LogP contribution >= 0.6 is 0 Å². The Morgan fingerprint density at radius 1 is 1.25 bits per heavy atom. The molecule has 1 unspecified atom stereocenters. The molecule has 1 amide bonds. The van der Waals surface area contributed by atoms with Gasteiger partial charge in [-0.1, -0.05) is 18.6 Å². The predicted molar refractivity (Wildman–Crippen MR) is 79.7 cm³/mol. The van der Waals surface area contributed by atoms with Gasteiger partial charge in [0.25, 0.3) is 0 Å². The van der Waals surface area contributed by atoms with E-state index in [1.54, 1.807) is 12.1 Å². The highest BCUT2D eigenvalue weighted by molar-refractivity contribution is 5.76. The lowest BCUT2D eigenvalue weighted by Gasteiger charge is -2.28. The average molecular weight is 280 g/mol. The molecular weight excluding hydrogens is 255 g/mol. The zero-order valence-electron chi connectivity index (χ0n) is 12.4. The van der Waals surface area contributed by atoms with Gasteiger partial charge < -0.3 is 10.6 Å². The fraction of sp³-hybridized carbons (Fsp3) is 0.562. The van der Waals surface area contributed by atoms with Crippen molar-refractivity contribution < 1.29 is 9.18 Å². The van der Waals surface area contributed by atoms with E-state index < -0.39 is 0 Å². The molecule has 0 aliphatic rings. The molecule has 0 heterocycles. The largest absolute Gasteiger partial charge is 0.336 e. The van der Waals surface area contributed by atoms with Gasteiger partial charge in [-0.3, -0.25) is 4.79 Å². The third kappa shape index (κ3) is 4.93. The normalized spacial score (nSPS) is 12.2. The lowest BCUT2D eigenvalue weighted by molar-refractivity contribution is -0.133. The number of rotatable bonds is 8. The van der Waals surface area contributed by atoms with Gasteiger partial charge in [0, 0.05) is 13.0 Å². The molecule has 3 nitrogen and oxygen atoms in total. The summed E-state index contributed by atoms with van der Waals surface area (Å²) < 4.78 is 12.9. The molecule has 0 spiro atoms. The molecule has 1 aromatic carbocycles. The maximum atomic E-state index is 12.9. The molecule has 0 radical (unpaired) electrons. The minimum atomic E-state index is -0.253. The Morgan fingerprint density at radius 2 is 1.90 bits per heavy atom. The van der Waals surface area contributed by atoms with E-state index in [2.05, 4.69) is 0 Å². The Hall–Kier alpha value is -1.42. The van der Waals surface area contributed by atoms with Crippen LogP contribution in [0.2, 0.25) is 0 Å². The summed E-state index contributed by atoms with van der Waals surface area (Å²) >= 11 is 0.